The van der Waals surface area contributed by atoms with Crippen LogP contribution in [0, 0.1) is 0 Å². The summed E-state index contributed by atoms with van der Waals surface area (Å²) in [5.41, 5.74) is 1.23. The molecule has 1 amide bonds. The Morgan fingerprint density at radius 1 is 1.19 bits per heavy atom. The fourth-order valence-corrected chi connectivity index (χ4v) is 2.18. The van der Waals surface area contributed by atoms with Crippen LogP contribution in [0.4, 0.5) is 0 Å². The molecule has 0 aliphatic heterocycles. The van der Waals surface area contributed by atoms with Gasteiger partial charge in [0.05, 0.1) is 0 Å². The number of benzene rings is 1. The molecule has 112 valence electrons. The summed E-state index contributed by atoms with van der Waals surface area (Å²) in [5.74, 6) is 0.965. The molecule has 0 aliphatic rings. The molecule has 0 N–H and O–H groups in total. The lowest BCUT2D eigenvalue weighted by Gasteiger charge is -2.19. The van der Waals surface area contributed by atoms with Crippen LogP contribution >= 0.6 is 0 Å². The molecule has 0 fully saturated rings. The van der Waals surface area contributed by atoms with Crippen molar-refractivity contribution in [1.29, 1.82) is 0 Å². The van der Waals surface area contributed by atoms with E-state index in [0.29, 0.717) is 31.2 Å². The Labute approximate surface area is 125 Å². The Morgan fingerprint density at radius 2 is 1.95 bits per heavy atom. The highest BCUT2D eigenvalue weighted by molar-refractivity contribution is 5.91. The van der Waals surface area contributed by atoms with Crippen LogP contribution in [-0.2, 0) is 17.8 Å². The maximum atomic E-state index is 12.4. The predicted octanol–water partition coefficient (Wildman–Crippen LogP) is 3.13. The average Bonchev–Trinajstić information content (AvgIpc) is 2.98. The van der Waals surface area contributed by atoms with Gasteiger partial charge in [-0.2, -0.15) is 0 Å². The van der Waals surface area contributed by atoms with Crippen molar-refractivity contribution in [3.63, 3.8) is 0 Å². The van der Waals surface area contributed by atoms with Gasteiger partial charge in [-0.3, -0.25) is 4.79 Å². The van der Waals surface area contributed by atoms with Crippen LogP contribution in [0.3, 0.4) is 0 Å². The summed E-state index contributed by atoms with van der Waals surface area (Å²) in [5, 5.41) is 0. The number of methoxy groups -OCH3 is 1. The van der Waals surface area contributed by atoms with Gasteiger partial charge in [0.2, 0.25) is 0 Å². The van der Waals surface area contributed by atoms with E-state index in [2.05, 4.69) is 12.1 Å². The number of likely N-dealkylation sites (N-methyl/N-ethyl adjacent to an activating group) is 1. The monoisotopic (exact) mass is 287 g/mol. The predicted molar refractivity (Wildman–Crippen MR) is 81.1 cm³/mol. The molecule has 4 heteroatoms. The minimum atomic E-state index is -0.0733. The lowest BCUT2D eigenvalue weighted by molar-refractivity contribution is 0.0726. The van der Waals surface area contributed by atoms with E-state index in [1.165, 1.54) is 5.56 Å². The minimum absolute atomic E-state index is 0.0733. The lowest BCUT2D eigenvalue weighted by Crippen LogP contribution is -2.32. The summed E-state index contributed by atoms with van der Waals surface area (Å²) in [6, 6.07) is 13.6. The number of hydrogen-bond donors (Lipinski definition) is 0. The van der Waals surface area contributed by atoms with E-state index in [9.17, 15) is 4.79 Å². The van der Waals surface area contributed by atoms with Crippen LogP contribution < -0.4 is 0 Å². The molecule has 1 aromatic carbocycles. The number of amides is 1. The van der Waals surface area contributed by atoms with Gasteiger partial charge in [-0.05, 0) is 31.0 Å². The highest BCUT2D eigenvalue weighted by Crippen LogP contribution is 2.12. The molecule has 0 saturated carbocycles. The molecule has 0 bridgehead atoms. The number of carbonyl (C=O) groups excluding carboxylic acids is 1. The first-order valence-electron chi connectivity index (χ1n) is 7.15. The summed E-state index contributed by atoms with van der Waals surface area (Å²) in [6.07, 6.45) is 0.839. The van der Waals surface area contributed by atoms with Gasteiger partial charge >= 0.3 is 0 Å². The highest BCUT2D eigenvalue weighted by atomic mass is 16.5. The fourth-order valence-electron chi connectivity index (χ4n) is 2.18. The zero-order valence-corrected chi connectivity index (χ0v) is 12.5. The van der Waals surface area contributed by atoms with E-state index >= 15 is 0 Å². The van der Waals surface area contributed by atoms with Crippen molar-refractivity contribution in [2.24, 2.45) is 0 Å². The van der Waals surface area contributed by atoms with E-state index in [1.807, 2.05) is 25.1 Å². The smallest absolute Gasteiger partial charge is 0.289 e. The quantitative estimate of drug-likeness (QED) is 0.785. The molecule has 4 nitrogen and oxygen atoms in total. The Bertz CT molecular complexity index is 562. The first-order valence-corrected chi connectivity index (χ1v) is 7.15. The first-order chi connectivity index (χ1) is 10.2. The van der Waals surface area contributed by atoms with Gasteiger partial charge in [-0.25, -0.2) is 0 Å². The molecular weight excluding hydrogens is 266 g/mol. The molecule has 0 saturated heterocycles. The van der Waals surface area contributed by atoms with Crippen LogP contribution in [0.1, 0.15) is 28.8 Å². The number of nitrogens with zero attached hydrogens (tertiary/aromatic N) is 1. The van der Waals surface area contributed by atoms with Gasteiger partial charge in [0.1, 0.15) is 12.4 Å². The third kappa shape index (κ3) is 4.20. The second-order valence-electron chi connectivity index (χ2n) is 4.82. The van der Waals surface area contributed by atoms with Crippen LogP contribution in [0.25, 0.3) is 0 Å². The normalized spacial score (nSPS) is 10.6. The molecule has 21 heavy (non-hydrogen) atoms. The van der Waals surface area contributed by atoms with Crippen molar-refractivity contribution in [2.75, 3.05) is 20.2 Å². The van der Waals surface area contributed by atoms with Crippen molar-refractivity contribution in [3.05, 3.63) is 59.5 Å². The van der Waals surface area contributed by atoms with Crippen LogP contribution in [0.5, 0.6) is 0 Å². The molecule has 2 aromatic rings. The van der Waals surface area contributed by atoms with Crippen LogP contribution in [0.2, 0.25) is 0 Å². The van der Waals surface area contributed by atoms with Gasteiger partial charge < -0.3 is 14.1 Å². The SMILES string of the molecule is CCN(CCc1ccccc1)C(=O)c1ccc(COC)o1. The summed E-state index contributed by atoms with van der Waals surface area (Å²) in [7, 11) is 1.60. The Balaban J connectivity index is 1.97. The van der Waals surface area contributed by atoms with E-state index in [4.69, 9.17) is 9.15 Å². The number of hydrogen-bond acceptors (Lipinski definition) is 3. The zero-order chi connectivity index (χ0) is 15.1. The topological polar surface area (TPSA) is 42.7 Å². The van der Waals surface area contributed by atoms with Crippen LogP contribution in [0.15, 0.2) is 46.9 Å². The van der Waals surface area contributed by atoms with Gasteiger partial charge in [0.15, 0.2) is 5.76 Å². The first kappa shape index (κ1) is 15.3. The van der Waals surface area contributed by atoms with Crippen molar-refractivity contribution in [2.45, 2.75) is 20.0 Å². The summed E-state index contributed by atoms with van der Waals surface area (Å²) >= 11 is 0. The van der Waals surface area contributed by atoms with E-state index in [0.717, 1.165) is 6.42 Å². The summed E-state index contributed by atoms with van der Waals surface area (Å²) in [4.78, 5) is 14.2. The van der Waals surface area contributed by atoms with Crippen molar-refractivity contribution in [3.8, 4) is 0 Å². The Morgan fingerprint density at radius 3 is 2.62 bits per heavy atom. The summed E-state index contributed by atoms with van der Waals surface area (Å²) in [6.45, 7) is 3.69. The Hall–Kier alpha value is -2.07. The highest BCUT2D eigenvalue weighted by Gasteiger charge is 2.17. The second-order valence-corrected chi connectivity index (χ2v) is 4.82. The lowest BCUT2D eigenvalue weighted by atomic mass is 10.1. The third-order valence-electron chi connectivity index (χ3n) is 3.34. The van der Waals surface area contributed by atoms with E-state index in [1.54, 1.807) is 24.1 Å². The maximum Gasteiger partial charge on any atom is 0.289 e. The number of carbonyl (C=O) groups is 1. The van der Waals surface area contributed by atoms with Gasteiger partial charge in [0.25, 0.3) is 5.91 Å². The molecule has 0 atom stereocenters. The molecule has 0 unspecified atom stereocenters. The van der Waals surface area contributed by atoms with E-state index < -0.39 is 0 Å². The average molecular weight is 287 g/mol. The minimum Gasteiger partial charge on any atom is -0.453 e. The molecule has 1 heterocycles. The van der Waals surface area contributed by atoms with Crippen molar-refractivity contribution in [1.82, 2.24) is 4.90 Å². The maximum absolute atomic E-state index is 12.4. The third-order valence-corrected chi connectivity index (χ3v) is 3.34. The van der Waals surface area contributed by atoms with E-state index in [-0.39, 0.29) is 5.91 Å². The number of ether oxygens (including phenoxy) is 1. The molecular formula is C17H21NO3. The second kappa shape index (κ2) is 7.64. The summed E-state index contributed by atoms with van der Waals surface area (Å²) < 4.78 is 10.5. The standard InChI is InChI=1S/C17H21NO3/c1-3-18(12-11-14-7-5-4-6-8-14)17(19)16-10-9-15(21-16)13-20-2/h4-10H,3,11-13H2,1-2H3. The number of rotatable bonds is 7. The van der Waals surface area contributed by atoms with Gasteiger partial charge in [-0.1, -0.05) is 30.3 Å². The van der Waals surface area contributed by atoms with Crippen LogP contribution in [-0.4, -0.2) is 31.0 Å². The molecule has 0 radical (unpaired) electrons. The zero-order valence-electron chi connectivity index (χ0n) is 12.5. The van der Waals surface area contributed by atoms with Crippen molar-refractivity contribution >= 4 is 5.91 Å². The largest absolute Gasteiger partial charge is 0.453 e. The Kier molecular flexibility index (Phi) is 5.58. The molecule has 0 spiro atoms. The van der Waals surface area contributed by atoms with Gasteiger partial charge in [0, 0.05) is 20.2 Å². The molecule has 1 aromatic heterocycles. The fraction of sp³-hybridized carbons (Fsp3) is 0.353. The van der Waals surface area contributed by atoms with Crippen molar-refractivity contribution < 1.29 is 13.9 Å². The molecule has 2 rings (SSSR count). The number of furan rings is 1. The molecule has 0 aliphatic carbocycles. The van der Waals surface area contributed by atoms with Gasteiger partial charge in [-0.15, -0.1) is 0 Å².